The van der Waals surface area contributed by atoms with Gasteiger partial charge >= 0.3 is 5.97 Å². The van der Waals surface area contributed by atoms with E-state index in [0.717, 1.165) is 0 Å². The molecule has 0 fully saturated rings. The third kappa shape index (κ3) is 10.9. The van der Waals surface area contributed by atoms with Gasteiger partial charge in [0.25, 0.3) is 0 Å². The predicted molar refractivity (Wildman–Crippen MR) is 112 cm³/mol. The molecule has 0 rings (SSSR count). The molecule has 4 unspecified atom stereocenters. The molecule has 0 aromatic heterocycles. The Balaban J connectivity index is 5.31. The minimum Gasteiger partial charge on any atom is -0.480 e. The third-order valence-electron chi connectivity index (χ3n) is 3.77. The number of hydrogen-bond acceptors (Lipinski definition) is 8. The van der Waals surface area contributed by atoms with Crippen LogP contribution in [0.25, 0.3) is 0 Å². The molecule has 4 atom stereocenters. The molecular formula is C16H29N5O6S2. The van der Waals surface area contributed by atoms with Gasteiger partial charge in [-0.3, -0.25) is 19.2 Å². The Morgan fingerprint density at radius 3 is 1.86 bits per heavy atom. The van der Waals surface area contributed by atoms with Crippen LogP contribution in [0.2, 0.25) is 0 Å². The maximum absolute atomic E-state index is 12.6. The molecule has 0 saturated heterocycles. The molecule has 0 heterocycles. The summed E-state index contributed by atoms with van der Waals surface area (Å²) in [5, 5.41) is 16.3. The van der Waals surface area contributed by atoms with E-state index in [-0.39, 0.29) is 25.0 Å². The Hall–Kier alpha value is -1.99. The molecule has 4 amide bonds. The second-order valence-corrected chi connectivity index (χ2v) is 7.63. The van der Waals surface area contributed by atoms with Crippen LogP contribution in [-0.4, -0.2) is 76.6 Å². The second kappa shape index (κ2) is 14.1. The lowest BCUT2D eigenvalue weighted by molar-refractivity contribution is -0.141. The van der Waals surface area contributed by atoms with Crippen molar-refractivity contribution in [3.63, 3.8) is 0 Å². The molecule has 0 spiro atoms. The summed E-state index contributed by atoms with van der Waals surface area (Å²) in [5.41, 5.74) is 10.6. The molecule has 0 aromatic carbocycles. The zero-order valence-electron chi connectivity index (χ0n) is 16.3. The van der Waals surface area contributed by atoms with Crippen LogP contribution in [0.1, 0.15) is 26.2 Å². The average Bonchev–Trinajstić information content (AvgIpc) is 2.64. The summed E-state index contributed by atoms with van der Waals surface area (Å²) < 4.78 is 0. The summed E-state index contributed by atoms with van der Waals surface area (Å²) in [4.78, 5) is 59.1. The molecule has 0 aliphatic heterocycles. The number of rotatable bonds is 14. The molecule has 166 valence electrons. The highest BCUT2D eigenvalue weighted by Gasteiger charge is 2.29. The Morgan fingerprint density at radius 2 is 1.45 bits per heavy atom. The fourth-order valence-electron chi connectivity index (χ4n) is 2.09. The number of carboxylic acid groups (broad SMARTS) is 1. The van der Waals surface area contributed by atoms with Crippen molar-refractivity contribution in [1.82, 2.24) is 16.0 Å². The number of carbonyl (C=O) groups is 5. The van der Waals surface area contributed by atoms with Gasteiger partial charge in [-0.2, -0.15) is 24.4 Å². The van der Waals surface area contributed by atoms with Gasteiger partial charge in [-0.05, 0) is 31.8 Å². The van der Waals surface area contributed by atoms with Crippen molar-refractivity contribution in [1.29, 1.82) is 0 Å². The highest BCUT2D eigenvalue weighted by atomic mass is 32.2. The van der Waals surface area contributed by atoms with E-state index >= 15 is 0 Å². The molecule has 0 aliphatic carbocycles. The molecular weight excluding hydrogens is 422 g/mol. The number of aliphatic carboxylic acids is 1. The maximum atomic E-state index is 12.6. The highest BCUT2D eigenvalue weighted by molar-refractivity contribution is 7.98. The summed E-state index contributed by atoms with van der Waals surface area (Å²) in [6, 6.07) is -4.28. The molecule has 0 saturated carbocycles. The Morgan fingerprint density at radius 1 is 0.966 bits per heavy atom. The molecule has 8 N–H and O–H groups in total. The van der Waals surface area contributed by atoms with Crippen LogP contribution in [0.15, 0.2) is 0 Å². The molecule has 11 nitrogen and oxygen atoms in total. The van der Waals surface area contributed by atoms with Crippen LogP contribution in [0.4, 0.5) is 0 Å². The number of primary amides is 1. The Kier molecular flexibility index (Phi) is 13.1. The Labute approximate surface area is 178 Å². The molecule has 13 heteroatoms. The van der Waals surface area contributed by atoms with E-state index < -0.39 is 53.8 Å². The molecule has 0 bridgehead atoms. The summed E-state index contributed by atoms with van der Waals surface area (Å²) in [7, 11) is 0. The molecule has 29 heavy (non-hydrogen) atoms. The number of carboxylic acids is 1. The summed E-state index contributed by atoms with van der Waals surface area (Å²) in [5.74, 6) is -3.55. The van der Waals surface area contributed by atoms with Crippen molar-refractivity contribution < 1.29 is 29.1 Å². The number of carbonyl (C=O) groups excluding carboxylic acids is 4. The largest absolute Gasteiger partial charge is 0.480 e. The molecule has 0 radical (unpaired) electrons. The van der Waals surface area contributed by atoms with Crippen LogP contribution in [0.5, 0.6) is 0 Å². The monoisotopic (exact) mass is 451 g/mol. The first kappa shape index (κ1) is 27.0. The fourth-order valence-corrected chi connectivity index (χ4v) is 2.81. The summed E-state index contributed by atoms with van der Waals surface area (Å²) >= 11 is 5.32. The van der Waals surface area contributed by atoms with Gasteiger partial charge in [0.05, 0.1) is 6.04 Å². The van der Waals surface area contributed by atoms with Crippen LogP contribution < -0.4 is 27.4 Å². The van der Waals surface area contributed by atoms with E-state index in [2.05, 4.69) is 28.6 Å². The third-order valence-corrected chi connectivity index (χ3v) is 4.78. The van der Waals surface area contributed by atoms with E-state index in [4.69, 9.17) is 16.6 Å². The lowest BCUT2D eigenvalue weighted by atomic mass is 10.1. The average molecular weight is 452 g/mol. The smallest absolute Gasteiger partial charge is 0.327 e. The van der Waals surface area contributed by atoms with Crippen molar-refractivity contribution in [2.45, 2.75) is 50.4 Å². The number of hydrogen-bond donors (Lipinski definition) is 7. The van der Waals surface area contributed by atoms with Gasteiger partial charge in [-0.1, -0.05) is 0 Å². The van der Waals surface area contributed by atoms with Gasteiger partial charge in [0.15, 0.2) is 0 Å². The van der Waals surface area contributed by atoms with Gasteiger partial charge in [0.1, 0.15) is 18.1 Å². The first-order valence-corrected chi connectivity index (χ1v) is 10.8. The number of amides is 4. The van der Waals surface area contributed by atoms with Crippen LogP contribution in [0, 0.1) is 0 Å². The predicted octanol–water partition coefficient (Wildman–Crippen LogP) is -2.18. The number of nitrogens with two attached hydrogens (primary N) is 2. The normalized spacial score (nSPS) is 14.8. The second-order valence-electron chi connectivity index (χ2n) is 6.28. The molecule has 0 aliphatic rings. The van der Waals surface area contributed by atoms with Crippen LogP contribution >= 0.6 is 24.4 Å². The lowest BCUT2D eigenvalue weighted by Gasteiger charge is -2.24. The van der Waals surface area contributed by atoms with Gasteiger partial charge < -0.3 is 32.5 Å². The summed E-state index contributed by atoms with van der Waals surface area (Å²) in [6.45, 7) is 1.43. The Bertz CT molecular complexity index is 604. The fraction of sp³-hybridized carbons (Fsp3) is 0.688. The van der Waals surface area contributed by atoms with Gasteiger partial charge in [-0.15, -0.1) is 0 Å². The van der Waals surface area contributed by atoms with Gasteiger partial charge in [0.2, 0.25) is 23.6 Å². The zero-order valence-corrected chi connectivity index (χ0v) is 18.1. The highest BCUT2D eigenvalue weighted by Crippen LogP contribution is 2.05. The number of thioether (sulfide) groups is 1. The van der Waals surface area contributed by atoms with Crippen molar-refractivity contribution in [2.24, 2.45) is 11.5 Å². The van der Waals surface area contributed by atoms with Gasteiger partial charge in [0, 0.05) is 12.2 Å². The van der Waals surface area contributed by atoms with Crippen LogP contribution in [0.3, 0.4) is 0 Å². The first-order valence-electron chi connectivity index (χ1n) is 8.81. The number of thiol groups is 1. The van der Waals surface area contributed by atoms with E-state index in [1.54, 1.807) is 0 Å². The minimum absolute atomic E-state index is 0.0785. The van der Waals surface area contributed by atoms with E-state index in [0.29, 0.717) is 5.75 Å². The molecule has 0 aromatic rings. The van der Waals surface area contributed by atoms with E-state index in [1.165, 1.54) is 18.7 Å². The topological polar surface area (TPSA) is 194 Å². The van der Waals surface area contributed by atoms with Crippen molar-refractivity contribution in [3.05, 3.63) is 0 Å². The van der Waals surface area contributed by atoms with E-state index in [9.17, 15) is 24.0 Å². The van der Waals surface area contributed by atoms with Crippen molar-refractivity contribution in [2.75, 3.05) is 17.8 Å². The van der Waals surface area contributed by atoms with Crippen molar-refractivity contribution in [3.8, 4) is 0 Å². The quantitative estimate of drug-likeness (QED) is 0.145. The van der Waals surface area contributed by atoms with Gasteiger partial charge in [-0.25, -0.2) is 4.79 Å². The first-order chi connectivity index (χ1) is 13.5. The standard InChI is InChI=1S/C16H29N5O6S2/c1-8(17)13(23)19-9(3-4-12(18)22)14(24)20-10(5-6-29-2)15(25)21-11(7-28)16(26)27/h8-11,28H,3-7,17H2,1-2H3,(H2,18,22)(H,19,23)(H,20,24)(H,21,25)(H,26,27). The van der Waals surface area contributed by atoms with Crippen molar-refractivity contribution >= 4 is 54.0 Å². The zero-order chi connectivity index (χ0) is 22.6. The summed E-state index contributed by atoms with van der Waals surface area (Å²) in [6.07, 6.45) is 1.79. The number of nitrogens with one attached hydrogen (secondary N) is 3. The van der Waals surface area contributed by atoms with E-state index in [1.807, 2.05) is 6.26 Å². The maximum Gasteiger partial charge on any atom is 0.327 e. The SMILES string of the molecule is CSCCC(NC(=O)C(CCC(N)=O)NC(=O)C(C)N)C(=O)NC(CS)C(=O)O. The lowest BCUT2D eigenvalue weighted by Crippen LogP contribution is -2.57. The minimum atomic E-state index is -1.26. The van der Waals surface area contributed by atoms with Crippen LogP contribution in [-0.2, 0) is 24.0 Å².